The average molecular weight is 346 g/mol. The molecule has 2 atom stereocenters. The average Bonchev–Trinajstić information content (AvgIpc) is 3.24. The second-order valence-electron chi connectivity index (χ2n) is 5.98. The Kier molecular flexibility index (Phi) is 5.62. The van der Waals surface area contributed by atoms with Crippen LogP contribution in [0.1, 0.15) is 28.5 Å². The predicted octanol–water partition coefficient (Wildman–Crippen LogP) is 0.718. The number of para-hydroxylation sites is 1. The number of nitrogens with one attached hydrogen (secondary N) is 1. The fourth-order valence-corrected chi connectivity index (χ4v) is 2.59. The minimum absolute atomic E-state index is 0.221. The van der Waals surface area contributed by atoms with E-state index in [4.69, 9.17) is 9.47 Å². The van der Waals surface area contributed by atoms with E-state index in [1.165, 1.54) is 10.9 Å². The summed E-state index contributed by atoms with van der Waals surface area (Å²) in [6, 6.07) is 7.52. The lowest BCUT2D eigenvalue weighted by atomic mass is 10.2. The third kappa shape index (κ3) is 4.34. The lowest BCUT2D eigenvalue weighted by molar-refractivity contribution is 0.0946. The first-order chi connectivity index (χ1) is 12.1. The topological polar surface area (TPSA) is 98.5 Å². The van der Waals surface area contributed by atoms with Crippen LogP contribution in [-0.4, -0.2) is 58.5 Å². The second-order valence-corrected chi connectivity index (χ2v) is 5.98. The van der Waals surface area contributed by atoms with E-state index in [1.54, 1.807) is 0 Å². The van der Waals surface area contributed by atoms with Gasteiger partial charge in [-0.05, 0) is 25.0 Å². The minimum Gasteiger partial charge on any atom is -0.493 e. The van der Waals surface area contributed by atoms with E-state index in [2.05, 4.69) is 15.6 Å². The Morgan fingerprint density at radius 2 is 2.28 bits per heavy atom. The third-order valence-corrected chi connectivity index (χ3v) is 4.06. The number of ether oxygens (including phenoxy) is 2. The molecule has 25 heavy (non-hydrogen) atoms. The number of aliphatic hydroxyl groups is 1. The van der Waals surface area contributed by atoms with Crippen molar-refractivity contribution in [1.29, 1.82) is 0 Å². The van der Waals surface area contributed by atoms with E-state index in [0.717, 1.165) is 11.3 Å². The highest BCUT2D eigenvalue weighted by molar-refractivity contribution is 5.91. The van der Waals surface area contributed by atoms with E-state index < -0.39 is 6.10 Å². The molecule has 2 N–H and O–H groups in total. The van der Waals surface area contributed by atoms with E-state index in [1.807, 2.05) is 31.2 Å². The van der Waals surface area contributed by atoms with Gasteiger partial charge >= 0.3 is 0 Å². The van der Waals surface area contributed by atoms with Gasteiger partial charge < -0.3 is 19.9 Å². The number of nitrogens with zero attached hydrogens (tertiary/aromatic N) is 3. The molecule has 2 aromatic rings. The number of carbonyl (C=O) groups excluding carboxylic acids is 1. The van der Waals surface area contributed by atoms with E-state index >= 15 is 0 Å². The van der Waals surface area contributed by atoms with Crippen LogP contribution in [0.5, 0.6) is 5.75 Å². The van der Waals surface area contributed by atoms with Crippen LogP contribution in [0.2, 0.25) is 0 Å². The molecule has 8 heteroatoms. The highest BCUT2D eigenvalue weighted by Gasteiger charge is 2.29. The predicted molar refractivity (Wildman–Crippen MR) is 89.5 cm³/mol. The Labute approximate surface area is 145 Å². The number of aryl methyl sites for hydroxylation is 1. The van der Waals surface area contributed by atoms with Crippen molar-refractivity contribution in [3.8, 4) is 5.75 Å². The van der Waals surface area contributed by atoms with Gasteiger partial charge in [-0.1, -0.05) is 23.4 Å². The first kappa shape index (κ1) is 17.4. The van der Waals surface area contributed by atoms with Gasteiger partial charge in [0.25, 0.3) is 5.91 Å². The molecule has 1 fully saturated rings. The number of aliphatic hydroxyl groups excluding tert-OH is 1. The molecular weight excluding hydrogens is 324 g/mol. The van der Waals surface area contributed by atoms with Crippen molar-refractivity contribution in [3.05, 3.63) is 41.7 Å². The zero-order valence-electron chi connectivity index (χ0n) is 14.1. The molecule has 1 amide bonds. The number of hydrogen-bond acceptors (Lipinski definition) is 6. The highest BCUT2D eigenvalue weighted by atomic mass is 16.5. The van der Waals surface area contributed by atoms with Crippen LogP contribution in [0, 0.1) is 6.92 Å². The molecule has 0 spiro atoms. The smallest absolute Gasteiger partial charge is 0.273 e. The van der Waals surface area contributed by atoms with Gasteiger partial charge in [0.05, 0.1) is 26.0 Å². The fourth-order valence-electron chi connectivity index (χ4n) is 2.59. The molecule has 1 aromatic carbocycles. The van der Waals surface area contributed by atoms with Gasteiger partial charge in [-0.25, -0.2) is 4.68 Å². The summed E-state index contributed by atoms with van der Waals surface area (Å²) >= 11 is 0. The van der Waals surface area contributed by atoms with Crippen molar-refractivity contribution in [1.82, 2.24) is 20.3 Å². The van der Waals surface area contributed by atoms with Gasteiger partial charge in [0.1, 0.15) is 17.9 Å². The SMILES string of the molecule is Cc1ccccc1OCCCNC(=O)c1cn([C@@H]2COC[C@H]2O)nn1. The third-order valence-electron chi connectivity index (χ3n) is 4.06. The summed E-state index contributed by atoms with van der Waals surface area (Å²) in [5.41, 5.74) is 1.31. The van der Waals surface area contributed by atoms with Crippen LogP contribution in [0.3, 0.4) is 0 Å². The standard InChI is InChI=1S/C17H22N4O4/c1-12-5-2-3-6-16(12)25-8-4-7-18-17(23)13-9-21(20-19-13)14-10-24-11-15(14)22/h2-3,5-6,9,14-15,22H,4,7-8,10-11H2,1H3,(H,18,23)/t14-,15-/m1/s1. The minimum atomic E-state index is -0.629. The largest absolute Gasteiger partial charge is 0.493 e. The van der Waals surface area contributed by atoms with Crippen LogP contribution >= 0.6 is 0 Å². The summed E-state index contributed by atoms with van der Waals surface area (Å²) in [6.45, 7) is 3.62. The Morgan fingerprint density at radius 1 is 1.44 bits per heavy atom. The Bertz CT molecular complexity index is 718. The number of hydrogen-bond donors (Lipinski definition) is 2. The Hall–Kier alpha value is -2.45. The molecule has 2 heterocycles. The molecule has 8 nitrogen and oxygen atoms in total. The van der Waals surface area contributed by atoms with E-state index in [-0.39, 0.29) is 24.2 Å². The molecular formula is C17H22N4O4. The zero-order valence-corrected chi connectivity index (χ0v) is 14.1. The van der Waals surface area contributed by atoms with Crippen molar-refractivity contribution in [2.75, 3.05) is 26.4 Å². The summed E-state index contributed by atoms with van der Waals surface area (Å²) in [4.78, 5) is 12.1. The molecule has 0 radical (unpaired) electrons. The van der Waals surface area contributed by atoms with E-state index in [0.29, 0.717) is 26.2 Å². The molecule has 1 aliphatic rings. The lowest BCUT2D eigenvalue weighted by Crippen LogP contribution is -2.26. The number of amides is 1. The molecule has 0 unspecified atom stereocenters. The molecule has 0 saturated carbocycles. The molecule has 3 rings (SSSR count). The zero-order chi connectivity index (χ0) is 17.6. The van der Waals surface area contributed by atoms with Gasteiger partial charge in [-0.2, -0.15) is 0 Å². The number of benzene rings is 1. The number of rotatable bonds is 7. The summed E-state index contributed by atoms with van der Waals surface area (Å²) < 4.78 is 12.3. The monoisotopic (exact) mass is 346 g/mol. The first-order valence-electron chi connectivity index (χ1n) is 8.29. The quantitative estimate of drug-likeness (QED) is 0.717. The highest BCUT2D eigenvalue weighted by Crippen LogP contribution is 2.18. The lowest BCUT2D eigenvalue weighted by Gasteiger charge is -2.11. The number of aromatic nitrogens is 3. The van der Waals surface area contributed by atoms with Crippen LogP contribution in [0.15, 0.2) is 30.5 Å². The van der Waals surface area contributed by atoms with Crippen LogP contribution < -0.4 is 10.1 Å². The Morgan fingerprint density at radius 3 is 3.04 bits per heavy atom. The van der Waals surface area contributed by atoms with Gasteiger partial charge in [-0.3, -0.25) is 4.79 Å². The van der Waals surface area contributed by atoms with Gasteiger partial charge in [0.2, 0.25) is 0 Å². The second kappa shape index (κ2) is 8.09. The van der Waals surface area contributed by atoms with Crippen LogP contribution in [0.25, 0.3) is 0 Å². The summed E-state index contributed by atoms with van der Waals surface area (Å²) in [7, 11) is 0. The van der Waals surface area contributed by atoms with Crippen LogP contribution in [0.4, 0.5) is 0 Å². The Balaban J connectivity index is 1.41. The van der Waals surface area contributed by atoms with Crippen LogP contribution in [-0.2, 0) is 4.74 Å². The van der Waals surface area contributed by atoms with Crippen molar-refractivity contribution >= 4 is 5.91 Å². The molecule has 134 valence electrons. The molecule has 1 aliphatic heterocycles. The molecule has 1 aromatic heterocycles. The summed E-state index contributed by atoms with van der Waals surface area (Å²) in [5.74, 6) is 0.560. The molecule has 1 saturated heterocycles. The van der Waals surface area contributed by atoms with Gasteiger partial charge in [0, 0.05) is 6.54 Å². The molecule has 0 bridgehead atoms. The molecule has 0 aliphatic carbocycles. The first-order valence-corrected chi connectivity index (χ1v) is 8.29. The normalized spacial score (nSPS) is 19.8. The van der Waals surface area contributed by atoms with Gasteiger partial charge in [-0.15, -0.1) is 5.10 Å². The maximum absolute atomic E-state index is 12.1. The van der Waals surface area contributed by atoms with Crippen molar-refractivity contribution in [2.24, 2.45) is 0 Å². The van der Waals surface area contributed by atoms with E-state index in [9.17, 15) is 9.90 Å². The van der Waals surface area contributed by atoms with Crippen molar-refractivity contribution in [2.45, 2.75) is 25.5 Å². The maximum atomic E-state index is 12.1. The van der Waals surface area contributed by atoms with Crippen molar-refractivity contribution in [3.63, 3.8) is 0 Å². The van der Waals surface area contributed by atoms with Crippen molar-refractivity contribution < 1.29 is 19.4 Å². The van der Waals surface area contributed by atoms with Gasteiger partial charge in [0.15, 0.2) is 5.69 Å². The number of carbonyl (C=O) groups is 1. The summed E-state index contributed by atoms with van der Waals surface area (Å²) in [6.07, 6.45) is 1.58. The summed E-state index contributed by atoms with van der Waals surface area (Å²) in [5, 5.41) is 20.3. The fraction of sp³-hybridized carbons (Fsp3) is 0.471. The maximum Gasteiger partial charge on any atom is 0.273 e.